The highest BCUT2D eigenvalue weighted by atomic mass is 19.1. The highest BCUT2D eigenvalue weighted by molar-refractivity contribution is 5.91. The summed E-state index contributed by atoms with van der Waals surface area (Å²) in [5.74, 6) is -0.104. The van der Waals surface area contributed by atoms with E-state index in [1.54, 1.807) is 30.3 Å². The molecular weight excluding hydrogens is 359 g/mol. The van der Waals surface area contributed by atoms with E-state index in [0.717, 1.165) is 18.4 Å². The fraction of sp³-hybridized carbons (Fsp3) is 0.273. The molecule has 0 saturated heterocycles. The molecule has 1 saturated carbocycles. The lowest BCUT2D eigenvalue weighted by atomic mass is 10.1. The molecule has 0 spiro atoms. The first-order valence-electron chi connectivity index (χ1n) is 9.32. The van der Waals surface area contributed by atoms with Gasteiger partial charge < -0.3 is 15.4 Å². The maximum atomic E-state index is 13.5. The minimum Gasteiger partial charge on any atom is -0.484 e. The molecule has 1 fully saturated rings. The Balaban J connectivity index is 1.36. The lowest BCUT2D eigenvalue weighted by Gasteiger charge is -2.08. The molecule has 0 aromatic heterocycles. The summed E-state index contributed by atoms with van der Waals surface area (Å²) in [7, 11) is 0. The van der Waals surface area contributed by atoms with E-state index in [1.807, 2.05) is 12.1 Å². The Morgan fingerprint density at radius 1 is 1.11 bits per heavy atom. The van der Waals surface area contributed by atoms with E-state index in [4.69, 9.17) is 4.74 Å². The van der Waals surface area contributed by atoms with Crippen molar-refractivity contribution in [3.05, 3.63) is 71.6 Å². The molecule has 1 aliphatic carbocycles. The van der Waals surface area contributed by atoms with Crippen molar-refractivity contribution in [2.24, 2.45) is 0 Å². The second-order valence-corrected chi connectivity index (χ2v) is 6.67. The number of rotatable bonds is 9. The summed E-state index contributed by atoms with van der Waals surface area (Å²) < 4.78 is 18.9. The van der Waals surface area contributed by atoms with Gasteiger partial charge in [0, 0.05) is 24.2 Å². The third-order valence-electron chi connectivity index (χ3n) is 4.27. The van der Waals surface area contributed by atoms with Crippen LogP contribution >= 0.6 is 0 Å². The van der Waals surface area contributed by atoms with Crippen molar-refractivity contribution in [2.75, 3.05) is 13.2 Å². The number of carbonyl (C=O) groups is 2. The van der Waals surface area contributed by atoms with Crippen LogP contribution in [0.1, 0.15) is 24.0 Å². The Labute approximate surface area is 163 Å². The Morgan fingerprint density at radius 3 is 2.57 bits per heavy atom. The number of hydrogen-bond donors (Lipinski definition) is 2. The first-order valence-corrected chi connectivity index (χ1v) is 9.32. The summed E-state index contributed by atoms with van der Waals surface area (Å²) in [5.41, 5.74) is 1.41. The first-order chi connectivity index (χ1) is 13.6. The Morgan fingerprint density at radius 2 is 1.86 bits per heavy atom. The predicted octanol–water partition coefficient (Wildman–Crippen LogP) is 2.86. The van der Waals surface area contributed by atoms with Crippen molar-refractivity contribution in [3.8, 4) is 5.75 Å². The highest BCUT2D eigenvalue weighted by Gasteiger charge is 2.23. The molecule has 2 N–H and O–H groups in total. The number of amides is 2. The van der Waals surface area contributed by atoms with Crippen LogP contribution in [0, 0.1) is 5.82 Å². The van der Waals surface area contributed by atoms with Gasteiger partial charge in [-0.25, -0.2) is 4.39 Å². The van der Waals surface area contributed by atoms with E-state index in [9.17, 15) is 14.0 Å². The third-order valence-corrected chi connectivity index (χ3v) is 4.27. The maximum absolute atomic E-state index is 13.5. The molecule has 1 aliphatic rings. The van der Waals surface area contributed by atoms with Crippen molar-refractivity contribution >= 4 is 17.9 Å². The van der Waals surface area contributed by atoms with E-state index in [2.05, 4.69) is 10.6 Å². The fourth-order valence-corrected chi connectivity index (χ4v) is 2.56. The smallest absolute Gasteiger partial charge is 0.258 e. The van der Waals surface area contributed by atoms with Crippen LogP contribution in [-0.4, -0.2) is 31.0 Å². The maximum Gasteiger partial charge on any atom is 0.258 e. The Bertz CT molecular complexity index is 845. The molecule has 0 aliphatic heterocycles. The average Bonchev–Trinajstić information content (AvgIpc) is 3.51. The van der Waals surface area contributed by atoms with Crippen LogP contribution < -0.4 is 15.4 Å². The van der Waals surface area contributed by atoms with Gasteiger partial charge >= 0.3 is 0 Å². The largest absolute Gasteiger partial charge is 0.484 e. The van der Waals surface area contributed by atoms with Crippen molar-refractivity contribution in [3.63, 3.8) is 0 Å². The minimum absolute atomic E-state index is 0.0141. The summed E-state index contributed by atoms with van der Waals surface area (Å²) in [6.45, 7) is 0.477. The predicted molar refractivity (Wildman–Crippen MR) is 105 cm³/mol. The van der Waals surface area contributed by atoms with Crippen LogP contribution in [0.25, 0.3) is 6.08 Å². The van der Waals surface area contributed by atoms with Crippen molar-refractivity contribution < 1.29 is 18.7 Å². The quantitative estimate of drug-likeness (QED) is 0.656. The molecule has 5 nitrogen and oxygen atoms in total. The molecular formula is C22H23FN2O3. The molecule has 0 radical (unpaired) electrons. The van der Waals surface area contributed by atoms with Gasteiger partial charge in [0.25, 0.3) is 5.91 Å². The van der Waals surface area contributed by atoms with E-state index in [0.29, 0.717) is 30.3 Å². The number of nitrogens with one attached hydrogen (secondary N) is 2. The fourth-order valence-electron chi connectivity index (χ4n) is 2.56. The highest BCUT2D eigenvalue weighted by Crippen LogP contribution is 2.18. The molecule has 2 aromatic carbocycles. The monoisotopic (exact) mass is 382 g/mol. The zero-order valence-corrected chi connectivity index (χ0v) is 15.5. The zero-order valence-electron chi connectivity index (χ0n) is 15.5. The lowest BCUT2D eigenvalue weighted by molar-refractivity contribution is -0.123. The van der Waals surface area contributed by atoms with Crippen molar-refractivity contribution in [1.29, 1.82) is 0 Å². The Kier molecular flexibility index (Phi) is 6.78. The van der Waals surface area contributed by atoms with E-state index >= 15 is 0 Å². The molecule has 0 unspecified atom stereocenters. The lowest BCUT2D eigenvalue weighted by Crippen LogP contribution is -2.30. The van der Waals surface area contributed by atoms with Gasteiger partial charge in [-0.1, -0.05) is 30.3 Å². The molecule has 146 valence electrons. The van der Waals surface area contributed by atoms with Gasteiger partial charge in [-0.05, 0) is 49.1 Å². The summed E-state index contributed by atoms with van der Waals surface area (Å²) in [6, 6.07) is 14.0. The van der Waals surface area contributed by atoms with Crippen LogP contribution in [0.5, 0.6) is 5.75 Å². The number of hydrogen-bond acceptors (Lipinski definition) is 3. The minimum atomic E-state index is -0.362. The van der Waals surface area contributed by atoms with E-state index in [1.165, 1.54) is 18.2 Å². The van der Waals surface area contributed by atoms with Crippen molar-refractivity contribution in [2.45, 2.75) is 25.3 Å². The van der Waals surface area contributed by atoms with Crippen LogP contribution in [-0.2, 0) is 16.0 Å². The third kappa shape index (κ3) is 6.54. The summed E-state index contributed by atoms with van der Waals surface area (Å²) in [5, 5.41) is 5.63. The van der Waals surface area contributed by atoms with Crippen LogP contribution in [0.3, 0.4) is 0 Å². The topological polar surface area (TPSA) is 67.4 Å². The SMILES string of the molecule is O=C(C=Cc1ccccc1F)NCCc1ccc(OCC(=O)NC2CC2)cc1. The van der Waals surface area contributed by atoms with Crippen LogP contribution in [0.2, 0.25) is 0 Å². The molecule has 2 aromatic rings. The summed E-state index contributed by atoms with van der Waals surface area (Å²) >= 11 is 0. The average molecular weight is 382 g/mol. The second kappa shape index (κ2) is 9.69. The normalized spacial score (nSPS) is 13.3. The van der Waals surface area contributed by atoms with Gasteiger partial charge in [-0.3, -0.25) is 9.59 Å². The van der Waals surface area contributed by atoms with Gasteiger partial charge in [0.1, 0.15) is 11.6 Å². The summed E-state index contributed by atoms with van der Waals surface area (Å²) in [4.78, 5) is 23.4. The molecule has 0 bridgehead atoms. The zero-order chi connectivity index (χ0) is 19.8. The second-order valence-electron chi connectivity index (χ2n) is 6.67. The number of halogens is 1. The Hall–Kier alpha value is -3.15. The van der Waals surface area contributed by atoms with E-state index < -0.39 is 0 Å². The van der Waals surface area contributed by atoms with Crippen LogP contribution in [0.4, 0.5) is 4.39 Å². The number of benzene rings is 2. The number of carbonyl (C=O) groups excluding carboxylic acids is 2. The van der Waals surface area contributed by atoms with Crippen LogP contribution in [0.15, 0.2) is 54.6 Å². The first kappa shape index (κ1) is 19.6. The van der Waals surface area contributed by atoms with Gasteiger partial charge in [-0.2, -0.15) is 0 Å². The molecule has 2 amide bonds. The van der Waals surface area contributed by atoms with Gasteiger partial charge in [0.05, 0.1) is 0 Å². The molecule has 28 heavy (non-hydrogen) atoms. The van der Waals surface area contributed by atoms with Gasteiger partial charge in [-0.15, -0.1) is 0 Å². The summed E-state index contributed by atoms with van der Waals surface area (Å²) in [6.07, 6.45) is 5.53. The van der Waals surface area contributed by atoms with Gasteiger partial charge in [0.15, 0.2) is 6.61 Å². The van der Waals surface area contributed by atoms with Gasteiger partial charge in [0.2, 0.25) is 5.91 Å². The number of ether oxygens (including phenoxy) is 1. The molecule has 3 rings (SSSR count). The van der Waals surface area contributed by atoms with E-state index in [-0.39, 0.29) is 24.2 Å². The molecule has 0 atom stereocenters. The molecule has 6 heteroatoms. The molecule has 0 heterocycles. The standard InChI is InChI=1S/C22H23FN2O3/c23-20-4-2-1-3-17(20)7-12-21(26)24-14-13-16-5-10-19(11-6-16)28-15-22(27)25-18-8-9-18/h1-7,10-12,18H,8-9,13-15H2,(H,24,26)(H,25,27). The van der Waals surface area contributed by atoms with Crippen molar-refractivity contribution in [1.82, 2.24) is 10.6 Å².